The smallest absolute Gasteiger partial charge is 0.226 e. The second-order valence-corrected chi connectivity index (χ2v) is 8.84. The first-order chi connectivity index (χ1) is 14.3. The molecule has 0 spiro atoms. The molecule has 7 heteroatoms. The third kappa shape index (κ3) is 2.65. The van der Waals surface area contributed by atoms with Gasteiger partial charge in [-0.15, -0.1) is 11.3 Å². The molecular weight excluding hydrogens is 448 g/mol. The van der Waals surface area contributed by atoms with E-state index in [4.69, 9.17) is 4.74 Å². The first-order valence-electron chi connectivity index (χ1n) is 9.25. The van der Waals surface area contributed by atoms with E-state index in [0.717, 1.165) is 38.6 Å². The van der Waals surface area contributed by atoms with Crippen LogP contribution in [0.5, 0.6) is 5.75 Å². The maximum absolute atomic E-state index is 6.55. The second-order valence-electron chi connectivity index (χ2n) is 6.95. The zero-order valence-corrected chi connectivity index (χ0v) is 17.5. The fourth-order valence-corrected chi connectivity index (χ4v) is 5.10. The van der Waals surface area contributed by atoms with Crippen LogP contribution in [0.2, 0.25) is 0 Å². The summed E-state index contributed by atoms with van der Waals surface area (Å²) in [5.74, 6) is 1.61. The van der Waals surface area contributed by atoms with Gasteiger partial charge in [-0.3, -0.25) is 0 Å². The van der Waals surface area contributed by atoms with Crippen molar-refractivity contribution in [1.82, 2.24) is 14.8 Å². The lowest BCUT2D eigenvalue weighted by molar-refractivity contribution is 0.226. The molecule has 0 fully saturated rings. The highest BCUT2D eigenvalue weighted by molar-refractivity contribution is 9.10. The molecule has 2 atom stereocenters. The molecule has 0 amide bonds. The maximum Gasteiger partial charge on any atom is 0.226 e. The largest absolute Gasteiger partial charge is 0.480 e. The minimum Gasteiger partial charge on any atom is -0.480 e. The van der Waals surface area contributed by atoms with Gasteiger partial charge in [-0.1, -0.05) is 46.3 Å². The van der Waals surface area contributed by atoms with E-state index in [-0.39, 0.29) is 12.1 Å². The van der Waals surface area contributed by atoms with Crippen molar-refractivity contribution in [3.8, 4) is 5.75 Å². The number of fused-ring (bicyclic) bond motifs is 3. The highest BCUT2D eigenvalue weighted by Crippen LogP contribution is 2.51. The monoisotopic (exact) mass is 462 g/mol. The number of hydrogen-bond donors (Lipinski definition) is 1. The van der Waals surface area contributed by atoms with Gasteiger partial charge < -0.3 is 10.1 Å². The van der Waals surface area contributed by atoms with Crippen LogP contribution in [0.15, 0.2) is 82.4 Å². The number of rotatable bonds is 2. The third-order valence-corrected chi connectivity index (χ3v) is 6.75. The maximum atomic E-state index is 6.55. The molecule has 0 bridgehead atoms. The average molecular weight is 463 g/mol. The standard InChI is InChI=1S/C22H15BrN4OS/c23-14-9-7-13(8-10-14)20-18-19(26-22-24-12-25-27(20)22)15-4-1-2-5-16(15)28-21(18)17-6-3-11-29-17/h1-12,20-21H,(H,24,25,26)/t20-,21-/m0/s1. The molecule has 2 aliphatic heterocycles. The number of benzene rings is 2. The normalized spacial score (nSPS) is 19.6. The number of halogens is 1. The van der Waals surface area contributed by atoms with Crippen LogP contribution < -0.4 is 10.1 Å². The zero-order chi connectivity index (χ0) is 19.4. The lowest BCUT2D eigenvalue weighted by Crippen LogP contribution is -2.32. The van der Waals surface area contributed by atoms with Crippen molar-refractivity contribution in [2.24, 2.45) is 0 Å². The van der Waals surface area contributed by atoms with Gasteiger partial charge in [0.15, 0.2) is 6.10 Å². The van der Waals surface area contributed by atoms with Crippen LogP contribution in [-0.2, 0) is 0 Å². The summed E-state index contributed by atoms with van der Waals surface area (Å²) in [6.07, 6.45) is 1.40. The minimum atomic E-state index is -0.196. The van der Waals surface area contributed by atoms with Crippen LogP contribution in [0, 0.1) is 0 Å². The van der Waals surface area contributed by atoms with Gasteiger partial charge in [-0.2, -0.15) is 10.1 Å². The van der Waals surface area contributed by atoms with E-state index in [9.17, 15) is 0 Å². The minimum absolute atomic E-state index is 0.114. The van der Waals surface area contributed by atoms with Gasteiger partial charge >= 0.3 is 0 Å². The van der Waals surface area contributed by atoms with E-state index in [1.807, 2.05) is 22.9 Å². The molecule has 0 saturated carbocycles. The Kier molecular flexibility index (Phi) is 3.85. The number of nitrogens with one attached hydrogen (secondary N) is 1. The fourth-order valence-electron chi connectivity index (χ4n) is 4.06. The molecule has 5 nitrogen and oxygen atoms in total. The first kappa shape index (κ1) is 17.0. The number of nitrogens with zero attached hydrogens (tertiary/aromatic N) is 3. The van der Waals surface area contributed by atoms with Gasteiger partial charge in [0.25, 0.3) is 0 Å². The molecule has 0 saturated heterocycles. The molecule has 2 aromatic heterocycles. The van der Waals surface area contributed by atoms with Crippen LogP contribution in [0.25, 0.3) is 5.70 Å². The number of anilines is 1. The Hall–Kier alpha value is -2.90. The van der Waals surface area contributed by atoms with Gasteiger partial charge in [-0.05, 0) is 41.3 Å². The number of aromatic nitrogens is 3. The summed E-state index contributed by atoms with van der Waals surface area (Å²) in [7, 11) is 0. The van der Waals surface area contributed by atoms with Crippen LogP contribution in [0.4, 0.5) is 5.95 Å². The Bertz CT molecular complexity index is 1230. The van der Waals surface area contributed by atoms with Crippen LogP contribution in [0.1, 0.15) is 28.1 Å². The molecule has 29 heavy (non-hydrogen) atoms. The molecule has 4 aromatic rings. The molecule has 4 heterocycles. The molecule has 2 aliphatic rings. The fraction of sp³-hybridized carbons (Fsp3) is 0.0909. The zero-order valence-electron chi connectivity index (χ0n) is 15.1. The summed E-state index contributed by atoms with van der Waals surface area (Å²) in [4.78, 5) is 5.63. The molecule has 0 radical (unpaired) electrons. The Balaban J connectivity index is 1.64. The van der Waals surface area contributed by atoms with Gasteiger partial charge in [0.2, 0.25) is 5.95 Å². The molecule has 0 aliphatic carbocycles. The quantitative estimate of drug-likeness (QED) is 0.417. The summed E-state index contributed by atoms with van der Waals surface area (Å²) in [6, 6.07) is 20.6. The predicted molar refractivity (Wildman–Crippen MR) is 117 cm³/mol. The van der Waals surface area contributed by atoms with Gasteiger partial charge in [-0.25, -0.2) is 4.68 Å². The lowest BCUT2D eigenvalue weighted by atomic mass is 9.87. The van der Waals surface area contributed by atoms with Gasteiger partial charge in [0.05, 0.1) is 5.70 Å². The third-order valence-electron chi connectivity index (χ3n) is 5.31. The van der Waals surface area contributed by atoms with Crippen molar-refractivity contribution in [2.75, 3.05) is 5.32 Å². The van der Waals surface area contributed by atoms with E-state index in [1.165, 1.54) is 4.88 Å². The van der Waals surface area contributed by atoms with E-state index in [2.05, 4.69) is 79.2 Å². The van der Waals surface area contributed by atoms with Crippen molar-refractivity contribution >= 4 is 38.9 Å². The van der Waals surface area contributed by atoms with Crippen LogP contribution in [-0.4, -0.2) is 14.8 Å². The molecule has 142 valence electrons. The SMILES string of the molecule is Brc1ccc([C@H]2C3=C(Nc4ncnn42)c2ccccc2O[C@H]3c2cccs2)cc1. The van der Waals surface area contributed by atoms with Crippen molar-refractivity contribution in [1.29, 1.82) is 0 Å². The summed E-state index contributed by atoms with van der Waals surface area (Å²) >= 11 is 5.25. The van der Waals surface area contributed by atoms with Gasteiger partial charge in [0.1, 0.15) is 18.1 Å². The summed E-state index contributed by atoms with van der Waals surface area (Å²) < 4.78 is 9.54. The van der Waals surface area contributed by atoms with Crippen molar-refractivity contribution < 1.29 is 4.74 Å². The summed E-state index contributed by atoms with van der Waals surface area (Å²) in [5.41, 5.74) is 4.38. The van der Waals surface area contributed by atoms with E-state index in [1.54, 1.807) is 17.7 Å². The van der Waals surface area contributed by atoms with Crippen molar-refractivity contribution in [3.05, 3.63) is 98.4 Å². The predicted octanol–water partition coefficient (Wildman–Crippen LogP) is 5.66. The van der Waals surface area contributed by atoms with Gasteiger partial charge in [0, 0.05) is 20.5 Å². The van der Waals surface area contributed by atoms with Crippen LogP contribution in [0.3, 0.4) is 0 Å². The molecule has 1 N–H and O–H groups in total. The molecule has 2 aromatic carbocycles. The number of hydrogen-bond acceptors (Lipinski definition) is 5. The topological polar surface area (TPSA) is 52.0 Å². The van der Waals surface area contributed by atoms with E-state index >= 15 is 0 Å². The second kappa shape index (κ2) is 6.57. The van der Waals surface area contributed by atoms with Crippen molar-refractivity contribution in [2.45, 2.75) is 12.1 Å². The highest BCUT2D eigenvalue weighted by Gasteiger charge is 2.41. The number of thiophene rings is 1. The molecule has 6 rings (SSSR count). The highest BCUT2D eigenvalue weighted by atomic mass is 79.9. The molecule has 0 unspecified atom stereocenters. The lowest BCUT2D eigenvalue weighted by Gasteiger charge is -2.38. The first-order valence-corrected chi connectivity index (χ1v) is 10.9. The summed E-state index contributed by atoms with van der Waals surface area (Å²) in [6.45, 7) is 0. The number of ether oxygens (including phenoxy) is 1. The van der Waals surface area contributed by atoms with Crippen LogP contribution >= 0.6 is 27.3 Å². The average Bonchev–Trinajstić information content (AvgIpc) is 3.44. The Morgan fingerprint density at radius 3 is 2.72 bits per heavy atom. The Morgan fingerprint density at radius 2 is 1.90 bits per heavy atom. The summed E-state index contributed by atoms with van der Waals surface area (Å²) in [5, 5.41) is 10.2. The van der Waals surface area contributed by atoms with Crippen molar-refractivity contribution in [3.63, 3.8) is 0 Å². The van der Waals surface area contributed by atoms with E-state index in [0.29, 0.717) is 0 Å². The Morgan fingerprint density at radius 1 is 1.03 bits per heavy atom. The molecular formula is C22H15BrN4OS. The Labute approximate surface area is 179 Å². The number of para-hydroxylation sites is 1. The van der Waals surface area contributed by atoms with E-state index < -0.39 is 0 Å².